The fourth-order valence-electron chi connectivity index (χ4n) is 2.56. The Bertz CT molecular complexity index is 559. The smallest absolute Gasteiger partial charge is 0.169 e. The summed E-state index contributed by atoms with van der Waals surface area (Å²) in [7, 11) is 0. The molecule has 18 heavy (non-hydrogen) atoms. The first-order chi connectivity index (χ1) is 8.74. The lowest BCUT2D eigenvalue weighted by atomic mass is 9.89. The molecule has 1 N–H and O–H groups in total. The summed E-state index contributed by atoms with van der Waals surface area (Å²) in [6.07, 6.45) is 4.14. The molecule has 3 heteroatoms. The zero-order chi connectivity index (χ0) is 12.5. The van der Waals surface area contributed by atoms with Crippen LogP contribution in [0, 0.1) is 0 Å². The van der Waals surface area contributed by atoms with Gasteiger partial charge in [0.25, 0.3) is 0 Å². The Morgan fingerprint density at radius 1 is 1.06 bits per heavy atom. The van der Waals surface area contributed by atoms with Crippen LogP contribution in [0.25, 0.3) is 0 Å². The van der Waals surface area contributed by atoms with Crippen LogP contribution in [0.15, 0.2) is 39.4 Å². The zero-order valence-electron chi connectivity index (χ0n) is 10.0. The second-order valence-electron chi connectivity index (χ2n) is 4.78. The Labute approximate surface area is 115 Å². The predicted molar refractivity (Wildman–Crippen MR) is 73.6 cm³/mol. The molecule has 0 saturated heterocycles. The van der Waals surface area contributed by atoms with Crippen LogP contribution >= 0.6 is 15.9 Å². The number of fused-ring (bicyclic) bond motifs is 1. The lowest BCUT2D eigenvalue weighted by Crippen LogP contribution is -2.05. The highest BCUT2D eigenvalue weighted by molar-refractivity contribution is 9.10. The third-order valence-corrected chi connectivity index (χ3v) is 3.98. The second kappa shape index (κ2) is 4.90. The number of furan rings is 1. The van der Waals surface area contributed by atoms with Crippen LogP contribution in [0.3, 0.4) is 0 Å². The maximum Gasteiger partial charge on any atom is 0.169 e. The van der Waals surface area contributed by atoms with Gasteiger partial charge in [0.15, 0.2) is 4.67 Å². The summed E-state index contributed by atoms with van der Waals surface area (Å²) < 4.78 is 6.06. The average Bonchev–Trinajstić information content (AvgIpc) is 2.84. The van der Waals surface area contributed by atoms with Crippen molar-refractivity contribution >= 4 is 15.9 Å². The number of hydrogen-bond donors (Lipinski definition) is 1. The van der Waals surface area contributed by atoms with Crippen LogP contribution in [0.2, 0.25) is 0 Å². The quantitative estimate of drug-likeness (QED) is 0.909. The van der Waals surface area contributed by atoms with E-state index >= 15 is 0 Å². The van der Waals surface area contributed by atoms with E-state index in [9.17, 15) is 5.11 Å². The van der Waals surface area contributed by atoms with E-state index in [-0.39, 0.29) is 0 Å². The molecule has 1 atom stereocenters. The van der Waals surface area contributed by atoms with Crippen molar-refractivity contribution in [2.45, 2.75) is 31.8 Å². The molecule has 0 amide bonds. The topological polar surface area (TPSA) is 33.4 Å². The van der Waals surface area contributed by atoms with Crippen molar-refractivity contribution in [1.82, 2.24) is 0 Å². The molecule has 2 nitrogen and oxygen atoms in total. The Balaban J connectivity index is 1.92. The van der Waals surface area contributed by atoms with Gasteiger partial charge in [0.05, 0.1) is 0 Å². The van der Waals surface area contributed by atoms with Crippen LogP contribution < -0.4 is 0 Å². The van der Waals surface area contributed by atoms with Gasteiger partial charge in [0.2, 0.25) is 0 Å². The molecule has 1 unspecified atom stereocenters. The average molecular weight is 307 g/mol. The van der Waals surface area contributed by atoms with Gasteiger partial charge in [0.1, 0.15) is 11.9 Å². The molecule has 1 heterocycles. The summed E-state index contributed by atoms with van der Waals surface area (Å²) in [6, 6.07) is 9.87. The van der Waals surface area contributed by atoms with Crippen molar-refractivity contribution in [3.8, 4) is 0 Å². The second-order valence-corrected chi connectivity index (χ2v) is 5.56. The van der Waals surface area contributed by atoms with Crippen molar-refractivity contribution < 1.29 is 9.52 Å². The van der Waals surface area contributed by atoms with Crippen molar-refractivity contribution in [3.05, 3.63) is 57.5 Å². The molecule has 0 bridgehead atoms. The fourth-order valence-corrected chi connectivity index (χ4v) is 2.88. The molecule has 3 rings (SSSR count). The third-order valence-electron chi connectivity index (χ3n) is 3.55. The monoisotopic (exact) mass is 306 g/mol. The number of hydrogen-bond acceptors (Lipinski definition) is 2. The summed E-state index contributed by atoms with van der Waals surface area (Å²) in [5.41, 5.74) is 3.72. The van der Waals surface area contributed by atoms with Crippen LogP contribution in [-0.4, -0.2) is 5.11 Å². The highest BCUT2D eigenvalue weighted by atomic mass is 79.9. The molecular weight excluding hydrogens is 292 g/mol. The molecule has 0 spiro atoms. The molecule has 1 aliphatic carbocycles. The molecule has 0 fully saturated rings. The highest BCUT2D eigenvalue weighted by Crippen LogP contribution is 2.29. The lowest BCUT2D eigenvalue weighted by Gasteiger charge is -2.18. The summed E-state index contributed by atoms with van der Waals surface area (Å²) >= 11 is 3.26. The van der Waals surface area contributed by atoms with E-state index in [1.807, 2.05) is 6.07 Å². The van der Waals surface area contributed by atoms with Crippen LogP contribution in [0.5, 0.6) is 0 Å². The third kappa shape index (κ3) is 2.25. The van der Waals surface area contributed by atoms with Gasteiger partial charge in [-0.1, -0.05) is 18.2 Å². The van der Waals surface area contributed by atoms with Gasteiger partial charge in [-0.25, -0.2) is 0 Å². The SMILES string of the molecule is OC(c1ccc2c(c1)CCCC2)c1ccc(Br)o1. The van der Waals surface area contributed by atoms with Crippen molar-refractivity contribution in [1.29, 1.82) is 0 Å². The Kier molecular flexibility index (Phi) is 3.27. The molecule has 1 aromatic carbocycles. The van der Waals surface area contributed by atoms with Gasteiger partial charge in [-0.3, -0.25) is 0 Å². The molecule has 94 valence electrons. The minimum absolute atomic E-state index is 0.581. The normalized spacial score (nSPS) is 16.3. The molecule has 1 aliphatic rings. The summed E-state index contributed by atoms with van der Waals surface area (Å²) in [5.74, 6) is 0.581. The molecule has 0 aliphatic heterocycles. The fraction of sp³-hybridized carbons (Fsp3) is 0.333. The number of aliphatic hydroxyl groups excluding tert-OH is 1. The Morgan fingerprint density at radius 3 is 2.56 bits per heavy atom. The summed E-state index contributed by atoms with van der Waals surface area (Å²) in [4.78, 5) is 0. The Morgan fingerprint density at radius 2 is 1.83 bits per heavy atom. The van der Waals surface area contributed by atoms with Gasteiger partial charge >= 0.3 is 0 Å². The zero-order valence-corrected chi connectivity index (χ0v) is 11.6. The molecule has 0 saturated carbocycles. The molecule has 2 aromatic rings. The Hall–Kier alpha value is -1.06. The van der Waals surface area contributed by atoms with E-state index in [4.69, 9.17) is 4.42 Å². The molecule has 0 radical (unpaired) electrons. The van der Waals surface area contributed by atoms with Crippen LogP contribution in [0.4, 0.5) is 0 Å². The molecule has 1 aromatic heterocycles. The summed E-state index contributed by atoms with van der Waals surface area (Å²) in [6.45, 7) is 0. The largest absolute Gasteiger partial charge is 0.451 e. The van der Waals surface area contributed by atoms with Gasteiger partial charge in [-0.05, 0) is 70.4 Å². The predicted octanol–water partition coefficient (Wildman–Crippen LogP) is 4.00. The van der Waals surface area contributed by atoms with Crippen LogP contribution in [-0.2, 0) is 12.8 Å². The maximum absolute atomic E-state index is 10.3. The van der Waals surface area contributed by atoms with E-state index in [0.29, 0.717) is 10.4 Å². The van der Waals surface area contributed by atoms with Gasteiger partial charge in [-0.2, -0.15) is 0 Å². The van der Waals surface area contributed by atoms with E-state index in [1.54, 1.807) is 12.1 Å². The lowest BCUT2D eigenvalue weighted by molar-refractivity contribution is 0.187. The van der Waals surface area contributed by atoms with Crippen molar-refractivity contribution in [3.63, 3.8) is 0 Å². The summed E-state index contributed by atoms with van der Waals surface area (Å²) in [5, 5.41) is 10.3. The molecular formula is C15H15BrO2. The number of halogens is 1. The number of rotatable bonds is 2. The van der Waals surface area contributed by atoms with E-state index in [0.717, 1.165) is 18.4 Å². The number of benzene rings is 1. The minimum Gasteiger partial charge on any atom is -0.451 e. The van der Waals surface area contributed by atoms with E-state index in [2.05, 4.69) is 28.1 Å². The van der Waals surface area contributed by atoms with E-state index < -0.39 is 6.10 Å². The first-order valence-corrected chi connectivity index (χ1v) is 7.08. The van der Waals surface area contributed by atoms with Crippen LogP contribution in [0.1, 0.15) is 41.4 Å². The number of aryl methyl sites for hydroxylation is 2. The standard InChI is InChI=1S/C15H15BrO2/c16-14-8-7-13(18-14)15(17)12-6-5-10-3-1-2-4-11(10)9-12/h5-9,15,17H,1-4H2. The van der Waals surface area contributed by atoms with Crippen molar-refractivity contribution in [2.24, 2.45) is 0 Å². The highest BCUT2D eigenvalue weighted by Gasteiger charge is 2.17. The van der Waals surface area contributed by atoms with Gasteiger partial charge in [0, 0.05) is 0 Å². The first kappa shape index (κ1) is 12.0. The van der Waals surface area contributed by atoms with Gasteiger partial charge < -0.3 is 9.52 Å². The van der Waals surface area contributed by atoms with E-state index in [1.165, 1.54) is 24.0 Å². The van der Waals surface area contributed by atoms with Gasteiger partial charge in [-0.15, -0.1) is 0 Å². The first-order valence-electron chi connectivity index (χ1n) is 6.29. The minimum atomic E-state index is -0.677. The van der Waals surface area contributed by atoms with Crippen molar-refractivity contribution in [2.75, 3.05) is 0 Å². The number of aliphatic hydroxyl groups is 1. The maximum atomic E-state index is 10.3.